The van der Waals surface area contributed by atoms with Crippen molar-refractivity contribution < 1.29 is 24.2 Å². The molecule has 0 aliphatic heterocycles. The lowest BCUT2D eigenvalue weighted by Gasteiger charge is -2.14. The number of fused-ring (bicyclic) bond motifs is 3. The molecule has 8 heteroatoms. The van der Waals surface area contributed by atoms with Gasteiger partial charge in [0.25, 0.3) is 0 Å². The van der Waals surface area contributed by atoms with Gasteiger partial charge in [0.1, 0.15) is 6.61 Å². The lowest BCUT2D eigenvalue weighted by atomic mass is 9.98. The maximum atomic E-state index is 12.2. The molecule has 1 aliphatic rings. The van der Waals surface area contributed by atoms with Crippen LogP contribution in [0.4, 0.5) is 10.5 Å². The molecule has 4 rings (SSSR count). The number of nitrogens with one attached hydrogen (secondary N) is 2. The normalized spacial score (nSPS) is 11.9. The standard InChI is InChI=1S/C27H25ClN2O5/c28-24-15-17(12-13-22(24)26(32)33)30-25(31)11-5-6-14-29-27(34)35-16-23-20-9-3-1-7-18(20)19-8-2-4-10-21(19)23/h1-4,7-10,12-13,15,23H,5-6,11,14,16H2,(H,29,34)(H,30,31)(H,32,33). The van der Waals surface area contributed by atoms with Crippen molar-refractivity contribution >= 4 is 35.3 Å². The van der Waals surface area contributed by atoms with E-state index >= 15 is 0 Å². The Labute approximate surface area is 208 Å². The van der Waals surface area contributed by atoms with Gasteiger partial charge in [0.05, 0.1) is 10.6 Å². The molecular formula is C27H25ClN2O5. The molecule has 1 aliphatic carbocycles. The number of carbonyl (C=O) groups excluding carboxylic acids is 2. The highest BCUT2D eigenvalue weighted by Crippen LogP contribution is 2.44. The number of benzene rings is 3. The summed E-state index contributed by atoms with van der Waals surface area (Å²) in [6, 6.07) is 20.6. The molecule has 35 heavy (non-hydrogen) atoms. The summed E-state index contributed by atoms with van der Waals surface area (Å²) in [7, 11) is 0. The highest BCUT2D eigenvalue weighted by Gasteiger charge is 2.28. The van der Waals surface area contributed by atoms with Gasteiger partial charge < -0.3 is 20.5 Å². The number of alkyl carbamates (subject to hydrolysis) is 1. The number of unbranched alkanes of at least 4 members (excludes halogenated alkanes) is 1. The number of aromatic carboxylic acids is 1. The second-order valence-corrected chi connectivity index (χ2v) is 8.66. The molecule has 180 valence electrons. The Morgan fingerprint density at radius 1 is 0.914 bits per heavy atom. The Morgan fingerprint density at radius 3 is 2.20 bits per heavy atom. The molecule has 3 aromatic rings. The molecule has 3 aromatic carbocycles. The van der Waals surface area contributed by atoms with E-state index in [1.165, 1.54) is 29.3 Å². The minimum Gasteiger partial charge on any atom is -0.478 e. The number of rotatable bonds is 9. The Bertz CT molecular complexity index is 1210. The summed E-state index contributed by atoms with van der Waals surface area (Å²) in [6.45, 7) is 0.647. The minimum atomic E-state index is -1.13. The first-order valence-electron chi connectivity index (χ1n) is 11.4. The molecule has 0 atom stereocenters. The zero-order valence-electron chi connectivity index (χ0n) is 18.9. The number of anilines is 1. The van der Waals surface area contributed by atoms with Crippen LogP contribution in [0, 0.1) is 0 Å². The first-order valence-corrected chi connectivity index (χ1v) is 11.7. The Balaban J connectivity index is 1.17. The number of carbonyl (C=O) groups is 3. The summed E-state index contributed by atoms with van der Waals surface area (Å²) in [4.78, 5) is 35.3. The first-order chi connectivity index (χ1) is 16.9. The zero-order chi connectivity index (χ0) is 24.8. The number of ether oxygens (including phenoxy) is 1. The smallest absolute Gasteiger partial charge is 0.407 e. The van der Waals surface area contributed by atoms with Gasteiger partial charge in [-0.15, -0.1) is 0 Å². The molecule has 0 fully saturated rings. The Morgan fingerprint density at radius 2 is 1.57 bits per heavy atom. The fourth-order valence-electron chi connectivity index (χ4n) is 4.24. The fraction of sp³-hybridized carbons (Fsp3) is 0.222. The highest BCUT2D eigenvalue weighted by atomic mass is 35.5. The third kappa shape index (κ3) is 5.81. The minimum absolute atomic E-state index is 0.00918. The van der Waals surface area contributed by atoms with Crippen molar-refractivity contribution in [2.45, 2.75) is 25.2 Å². The van der Waals surface area contributed by atoms with Crippen LogP contribution < -0.4 is 10.6 Å². The van der Waals surface area contributed by atoms with Crippen molar-refractivity contribution in [2.75, 3.05) is 18.5 Å². The largest absolute Gasteiger partial charge is 0.478 e. The topological polar surface area (TPSA) is 105 Å². The van der Waals surface area contributed by atoms with Crippen LogP contribution in [-0.2, 0) is 9.53 Å². The summed E-state index contributed by atoms with van der Waals surface area (Å²) in [5.41, 5.74) is 5.08. The fourth-order valence-corrected chi connectivity index (χ4v) is 4.50. The van der Waals surface area contributed by atoms with Crippen molar-refractivity contribution in [3.8, 4) is 11.1 Å². The predicted octanol–water partition coefficient (Wildman–Crippen LogP) is 5.69. The van der Waals surface area contributed by atoms with Gasteiger partial charge in [-0.3, -0.25) is 4.79 Å². The van der Waals surface area contributed by atoms with Crippen LogP contribution in [0.3, 0.4) is 0 Å². The van der Waals surface area contributed by atoms with E-state index in [1.54, 1.807) is 0 Å². The summed E-state index contributed by atoms with van der Waals surface area (Å²) in [5.74, 6) is -1.34. The Hall–Kier alpha value is -3.84. The van der Waals surface area contributed by atoms with Gasteiger partial charge in [0.15, 0.2) is 0 Å². The molecule has 0 saturated heterocycles. The molecule has 0 saturated carbocycles. The summed E-state index contributed by atoms with van der Waals surface area (Å²) in [5, 5.41) is 14.5. The average molecular weight is 493 g/mol. The number of amides is 2. The second kappa shape index (κ2) is 11.1. The summed E-state index contributed by atoms with van der Waals surface area (Å²) in [6.07, 6.45) is 0.946. The maximum Gasteiger partial charge on any atom is 0.407 e. The third-order valence-corrected chi connectivity index (χ3v) is 6.24. The lowest BCUT2D eigenvalue weighted by Crippen LogP contribution is -2.27. The third-order valence-electron chi connectivity index (χ3n) is 5.93. The van der Waals surface area contributed by atoms with Crippen molar-refractivity contribution in [3.05, 3.63) is 88.4 Å². The number of halogens is 1. The van der Waals surface area contributed by atoms with Crippen LogP contribution in [0.5, 0.6) is 0 Å². The van der Waals surface area contributed by atoms with E-state index in [0.29, 0.717) is 25.1 Å². The van der Waals surface area contributed by atoms with Crippen LogP contribution in [0.25, 0.3) is 11.1 Å². The number of carboxylic acid groups (broad SMARTS) is 1. The molecule has 7 nitrogen and oxygen atoms in total. The molecule has 0 bridgehead atoms. The lowest BCUT2D eigenvalue weighted by molar-refractivity contribution is -0.116. The van der Waals surface area contributed by atoms with Crippen molar-refractivity contribution in [1.29, 1.82) is 0 Å². The second-order valence-electron chi connectivity index (χ2n) is 8.26. The van der Waals surface area contributed by atoms with E-state index in [-0.39, 0.29) is 35.4 Å². The monoisotopic (exact) mass is 492 g/mol. The van der Waals surface area contributed by atoms with E-state index in [0.717, 1.165) is 11.1 Å². The van der Waals surface area contributed by atoms with Gasteiger partial charge in [-0.2, -0.15) is 0 Å². The van der Waals surface area contributed by atoms with E-state index < -0.39 is 12.1 Å². The molecule has 0 unspecified atom stereocenters. The molecule has 0 aromatic heterocycles. The number of carboxylic acids is 1. The summed E-state index contributed by atoms with van der Waals surface area (Å²) >= 11 is 5.92. The predicted molar refractivity (Wildman–Crippen MR) is 134 cm³/mol. The summed E-state index contributed by atoms with van der Waals surface area (Å²) < 4.78 is 5.50. The number of hydrogen-bond donors (Lipinski definition) is 3. The zero-order valence-corrected chi connectivity index (χ0v) is 19.7. The SMILES string of the molecule is O=C(CCCCNC(=O)OCC1c2ccccc2-c2ccccc21)Nc1ccc(C(=O)O)c(Cl)c1. The van der Waals surface area contributed by atoms with E-state index in [9.17, 15) is 14.4 Å². The van der Waals surface area contributed by atoms with Gasteiger partial charge >= 0.3 is 12.1 Å². The van der Waals surface area contributed by atoms with Crippen LogP contribution >= 0.6 is 11.6 Å². The quantitative estimate of drug-likeness (QED) is 0.333. The van der Waals surface area contributed by atoms with E-state index in [2.05, 4.69) is 34.9 Å². The van der Waals surface area contributed by atoms with Gasteiger partial charge in [-0.1, -0.05) is 60.1 Å². The van der Waals surface area contributed by atoms with Gasteiger partial charge in [0, 0.05) is 24.6 Å². The highest BCUT2D eigenvalue weighted by molar-refractivity contribution is 6.33. The average Bonchev–Trinajstić information content (AvgIpc) is 3.16. The number of hydrogen-bond acceptors (Lipinski definition) is 4. The Kier molecular flexibility index (Phi) is 7.67. The first kappa shape index (κ1) is 24.3. The van der Waals surface area contributed by atoms with Crippen molar-refractivity contribution in [3.63, 3.8) is 0 Å². The molecule has 2 amide bonds. The van der Waals surface area contributed by atoms with Crippen LogP contribution in [0.2, 0.25) is 5.02 Å². The van der Waals surface area contributed by atoms with Crippen molar-refractivity contribution in [2.24, 2.45) is 0 Å². The van der Waals surface area contributed by atoms with Crippen LogP contribution in [0.1, 0.15) is 46.7 Å². The molecule has 0 radical (unpaired) electrons. The van der Waals surface area contributed by atoms with Gasteiger partial charge in [0.2, 0.25) is 5.91 Å². The van der Waals surface area contributed by atoms with Crippen molar-refractivity contribution in [1.82, 2.24) is 5.32 Å². The van der Waals surface area contributed by atoms with Crippen LogP contribution in [0.15, 0.2) is 66.7 Å². The maximum absolute atomic E-state index is 12.2. The molecule has 3 N–H and O–H groups in total. The van der Waals surface area contributed by atoms with Crippen LogP contribution in [-0.4, -0.2) is 36.2 Å². The van der Waals surface area contributed by atoms with Gasteiger partial charge in [-0.05, 0) is 53.3 Å². The van der Waals surface area contributed by atoms with Gasteiger partial charge in [-0.25, -0.2) is 9.59 Å². The molecule has 0 heterocycles. The molecule has 0 spiro atoms. The van der Waals surface area contributed by atoms with E-state index in [1.807, 2.05) is 24.3 Å². The molecular weight excluding hydrogens is 468 g/mol. The van der Waals surface area contributed by atoms with E-state index in [4.69, 9.17) is 21.4 Å².